The van der Waals surface area contributed by atoms with Crippen molar-refractivity contribution in [2.75, 3.05) is 40.3 Å². The van der Waals surface area contributed by atoms with Gasteiger partial charge in [-0.2, -0.15) is 0 Å². The van der Waals surface area contributed by atoms with Gasteiger partial charge in [0, 0.05) is 31.7 Å². The van der Waals surface area contributed by atoms with E-state index in [1.807, 2.05) is 0 Å². The van der Waals surface area contributed by atoms with Crippen molar-refractivity contribution >= 4 is 0 Å². The lowest BCUT2D eigenvalue weighted by molar-refractivity contribution is 0.206. The number of rotatable bonds is 2. The van der Waals surface area contributed by atoms with Crippen LogP contribution in [0.25, 0.3) is 0 Å². The minimum atomic E-state index is 0.753. The number of hydrogen-bond donors (Lipinski definition) is 1. The van der Waals surface area contributed by atoms with Crippen LogP contribution < -0.4 is 5.32 Å². The van der Waals surface area contributed by atoms with Crippen molar-refractivity contribution in [1.82, 2.24) is 15.1 Å². The van der Waals surface area contributed by atoms with Crippen molar-refractivity contribution in [3.8, 4) is 0 Å². The van der Waals surface area contributed by atoms with Gasteiger partial charge in [0.2, 0.25) is 0 Å². The first kappa shape index (κ1) is 12.3. The minimum absolute atomic E-state index is 0.753. The van der Waals surface area contributed by atoms with E-state index >= 15 is 0 Å². The molecule has 3 nitrogen and oxygen atoms in total. The summed E-state index contributed by atoms with van der Waals surface area (Å²) in [6.45, 7) is 7.37. The number of nitrogens with one attached hydrogen (secondary N) is 1. The molecule has 0 aromatic heterocycles. The van der Waals surface area contributed by atoms with Crippen LogP contribution in [0.2, 0.25) is 0 Å². The van der Waals surface area contributed by atoms with Crippen molar-refractivity contribution in [2.45, 2.75) is 38.3 Å². The zero-order valence-corrected chi connectivity index (χ0v) is 11.1. The van der Waals surface area contributed by atoms with Gasteiger partial charge in [-0.1, -0.05) is 13.3 Å². The topological polar surface area (TPSA) is 18.5 Å². The van der Waals surface area contributed by atoms with E-state index < -0.39 is 0 Å². The lowest BCUT2D eigenvalue weighted by Gasteiger charge is -2.27. The highest BCUT2D eigenvalue weighted by atomic mass is 15.3. The summed E-state index contributed by atoms with van der Waals surface area (Å²) in [5, 5.41) is 3.58. The second kappa shape index (κ2) is 5.48. The Hall–Kier alpha value is -0.120. The number of likely N-dealkylation sites (N-methyl/N-ethyl adjacent to an activating group) is 1. The Morgan fingerprint density at radius 3 is 2.69 bits per heavy atom. The predicted octanol–water partition coefficient (Wildman–Crippen LogP) is 1.01. The molecule has 2 fully saturated rings. The molecule has 2 heterocycles. The van der Waals surface area contributed by atoms with E-state index in [0.29, 0.717) is 0 Å². The third kappa shape index (κ3) is 2.76. The van der Waals surface area contributed by atoms with Crippen molar-refractivity contribution in [3.05, 3.63) is 0 Å². The SMILES string of the molecule is CC1CN(C2CCCCNC2)CC1N(C)C. The van der Waals surface area contributed by atoms with Gasteiger partial charge >= 0.3 is 0 Å². The molecule has 0 amide bonds. The molecule has 3 atom stereocenters. The lowest BCUT2D eigenvalue weighted by atomic mass is 10.1. The Morgan fingerprint density at radius 1 is 1.19 bits per heavy atom. The smallest absolute Gasteiger partial charge is 0.0254 e. The van der Waals surface area contributed by atoms with Crippen LogP contribution in [0.1, 0.15) is 26.2 Å². The molecule has 0 aromatic carbocycles. The van der Waals surface area contributed by atoms with Crippen LogP contribution in [0.5, 0.6) is 0 Å². The zero-order valence-electron chi connectivity index (χ0n) is 11.1. The van der Waals surface area contributed by atoms with Crippen LogP contribution in [-0.4, -0.2) is 62.2 Å². The van der Waals surface area contributed by atoms with Crippen molar-refractivity contribution in [3.63, 3.8) is 0 Å². The first-order chi connectivity index (χ1) is 7.68. The summed E-state index contributed by atoms with van der Waals surface area (Å²) < 4.78 is 0. The van der Waals surface area contributed by atoms with E-state index in [1.54, 1.807) is 0 Å². The molecule has 0 bridgehead atoms. The van der Waals surface area contributed by atoms with Crippen LogP contribution in [-0.2, 0) is 0 Å². The molecule has 0 saturated carbocycles. The summed E-state index contributed by atoms with van der Waals surface area (Å²) in [7, 11) is 4.44. The van der Waals surface area contributed by atoms with E-state index in [1.165, 1.54) is 45.4 Å². The molecule has 2 rings (SSSR count). The normalized spacial score (nSPS) is 37.9. The van der Waals surface area contributed by atoms with E-state index in [0.717, 1.165) is 18.0 Å². The summed E-state index contributed by atoms with van der Waals surface area (Å²) in [6.07, 6.45) is 4.14. The molecule has 1 N–H and O–H groups in total. The molecule has 16 heavy (non-hydrogen) atoms. The van der Waals surface area contributed by atoms with E-state index in [2.05, 4.69) is 36.1 Å². The van der Waals surface area contributed by atoms with Gasteiger partial charge < -0.3 is 10.2 Å². The average Bonchev–Trinajstić information content (AvgIpc) is 2.50. The average molecular weight is 225 g/mol. The van der Waals surface area contributed by atoms with Gasteiger partial charge in [0.25, 0.3) is 0 Å². The molecular formula is C13H27N3. The van der Waals surface area contributed by atoms with Gasteiger partial charge in [-0.05, 0) is 39.4 Å². The van der Waals surface area contributed by atoms with E-state index in [4.69, 9.17) is 0 Å². The van der Waals surface area contributed by atoms with Gasteiger partial charge in [0.05, 0.1) is 0 Å². The van der Waals surface area contributed by atoms with Gasteiger partial charge in [-0.25, -0.2) is 0 Å². The highest BCUT2D eigenvalue weighted by Crippen LogP contribution is 2.24. The second-order valence-corrected chi connectivity index (χ2v) is 5.82. The molecule has 3 unspecified atom stereocenters. The molecule has 2 aliphatic heterocycles. The minimum Gasteiger partial charge on any atom is -0.315 e. The quantitative estimate of drug-likeness (QED) is 0.757. The second-order valence-electron chi connectivity index (χ2n) is 5.82. The maximum atomic E-state index is 3.58. The number of hydrogen-bond acceptors (Lipinski definition) is 3. The van der Waals surface area contributed by atoms with Crippen LogP contribution >= 0.6 is 0 Å². The van der Waals surface area contributed by atoms with E-state index in [-0.39, 0.29) is 0 Å². The third-order valence-electron chi connectivity index (χ3n) is 4.30. The van der Waals surface area contributed by atoms with E-state index in [9.17, 15) is 0 Å². The fraction of sp³-hybridized carbons (Fsp3) is 1.00. The van der Waals surface area contributed by atoms with Crippen LogP contribution in [0.3, 0.4) is 0 Å². The number of nitrogens with zero attached hydrogens (tertiary/aromatic N) is 2. The third-order valence-corrected chi connectivity index (χ3v) is 4.30. The highest BCUT2D eigenvalue weighted by molar-refractivity contribution is 4.91. The van der Waals surface area contributed by atoms with Crippen LogP contribution in [0.15, 0.2) is 0 Å². The lowest BCUT2D eigenvalue weighted by Crippen LogP contribution is -2.41. The Morgan fingerprint density at radius 2 is 2.00 bits per heavy atom. The Bertz CT molecular complexity index is 209. The van der Waals surface area contributed by atoms with Gasteiger partial charge in [-0.3, -0.25) is 4.90 Å². The largest absolute Gasteiger partial charge is 0.315 e. The molecule has 94 valence electrons. The molecule has 2 saturated heterocycles. The summed E-state index contributed by atoms with van der Waals surface area (Å²) in [6, 6.07) is 1.54. The first-order valence-electron chi connectivity index (χ1n) is 6.79. The standard InChI is InChI=1S/C13H27N3/c1-11-9-16(10-13(11)15(2)3)12-6-4-5-7-14-8-12/h11-14H,4-10H2,1-3H3. The molecule has 0 aromatic rings. The highest BCUT2D eigenvalue weighted by Gasteiger charge is 2.34. The zero-order chi connectivity index (χ0) is 11.5. The monoisotopic (exact) mass is 225 g/mol. The Balaban J connectivity index is 1.90. The maximum absolute atomic E-state index is 3.58. The summed E-state index contributed by atoms with van der Waals surface area (Å²) in [5.74, 6) is 0.818. The summed E-state index contributed by atoms with van der Waals surface area (Å²) >= 11 is 0. The fourth-order valence-corrected chi connectivity index (χ4v) is 3.27. The molecule has 2 aliphatic rings. The molecule has 0 radical (unpaired) electrons. The van der Waals surface area contributed by atoms with Gasteiger partial charge in [0.1, 0.15) is 0 Å². The Labute approximate surface area is 100 Å². The fourth-order valence-electron chi connectivity index (χ4n) is 3.27. The molecule has 0 aliphatic carbocycles. The van der Waals surface area contributed by atoms with Crippen molar-refractivity contribution in [2.24, 2.45) is 5.92 Å². The van der Waals surface area contributed by atoms with Crippen molar-refractivity contribution < 1.29 is 0 Å². The summed E-state index contributed by atoms with van der Waals surface area (Å²) in [4.78, 5) is 5.11. The van der Waals surface area contributed by atoms with Crippen LogP contribution in [0, 0.1) is 5.92 Å². The predicted molar refractivity (Wildman–Crippen MR) is 68.7 cm³/mol. The number of likely N-dealkylation sites (tertiary alicyclic amines) is 1. The molecular weight excluding hydrogens is 198 g/mol. The van der Waals surface area contributed by atoms with Crippen LogP contribution in [0.4, 0.5) is 0 Å². The van der Waals surface area contributed by atoms with Crippen molar-refractivity contribution in [1.29, 1.82) is 0 Å². The molecule has 3 heteroatoms. The Kier molecular flexibility index (Phi) is 4.22. The van der Waals surface area contributed by atoms with Gasteiger partial charge in [-0.15, -0.1) is 0 Å². The molecule has 0 spiro atoms. The summed E-state index contributed by atoms with van der Waals surface area (Å²) in [5.41, 5.74) is 0. The maximum Gasteiger partial charge on any atom is 0.0254 e. The first-order valence-corrected chi connectivity index (χ1v) is 6.79. The van der Waals surface area contributed by atoms with Gasteiger partial charge in [0.15, 0.2) is 0 Å².